The van der Waals surface area contributed by atoms with Gasteiger partial charge in [0.2, 0.25) is 0 Å². The van der Waals surface area contributed by atoms with Crippen LogP contribution in [0.15, 0.2) is 18.2 Å². The van der Waals surface area contributed by atoms with Crippen molar-refractivity contribution < 1.29 is 4.74 Å². The largest absolute Gasteiger partial charge is 0.495 e. The number of nitrogens with zero attached hydrogens (tertiary/aromatic N) is 3. The van der Waals surface area contributed by atoms with Gasteiger partial charge in [0.25, 0.3) is 0 Å². The van der Waals surface area contributed by atoms with Gasteiger partial charge in [0.1, 0.15) is 11.8 Å². The molecule has 2 atom stereocenters. The molecule has 0 spiro atoms. The summed E-state index contributed by atoms with van der Waals surface area (Å²) in [7, 11) is 3.88. The average molecular weight is 285 g/mol. The van der Waals surface area contributed by atoms with Gasteiger partial charge in [-0.15, -0.1) is 0 Å². The highest BCUT2D eigenvalue weighted by atomic mass is 16.5. The summed E-state index contributed by atoms with van der Waals surface area (Å²) >= 11 is 0. The van der Waals surface area contributed by atoms with Crippen LogP contribution in [0, 0.1) is 11.3 Å². The molecular formula is C17H23N3O. The minimum Gasteiger partial charge on any atom is -0.495 e. The van der Waals surface area contributed by atoms with Crippen molar-refractivity contribution in [2.75, 3.05) is 27.2 Å². The molecule has 3 rings (SSSR count). The van der Waals surface area contributed by atoms with Gasteiger partial charge in [-0.3, -0.25) is 9.80 Å². The van der Waals surface area contributed by atoms with Gasteiger partial charge < -0.3 is 4.74 Å². The Balaban J connectivity index is 1.71. The molecule has 0 N–H and O–H groups in total. The zero-order valence-electron chi connectivity index (χ0n) is 12.9. The predicted molar refractivity (Wildman–Crippen MR) is 82.2 cm³/mol. The van der Waals surface area contributed by atoms with Crippen molar-refractivity contribution in [3.8, 4) is 11.8 Å². The van der Waals surface area contributed by atoms with E-state index in [0.717, 1.165) is 25.7 Å². The van der Waals surface area contributed by atoms with E-state index in [9.17, 15) is 5.26 Å². The highest BCUT2D eigenvalue weighted by molar-refractivity contribution is 5.45. The van der Waals surface area contributed by atoms with E-state index in [1.165, 1.54) is 24.8 Å². The molecule has 2 bridgehead atoms. The average Bonchev–Trinajstić information content (AvgIpc) is 2.75. The number of likely N-dealkylation sites (tertiary alicyclic amines) is 1. The molecule has 2 fully saturated rings. The lowest BCUT2D eigenvalue weighted by atomic mass is 10.1. The Morgan fingerprint density at radius 1 is 1.29 bits per heavy atom. The van der Waals surface area contributed by atoms with E-state index in [0.29, 0.717) is 17.4 Å². The Morgan fingerprint density at radius 2 is 2.10 bits per heavy atom. The van der Waals surface area contributed by atoms with Crippen molar-refractivity contribution in [1.82, 2.24) is 9.80 Å². The van der Waals surface area contributed by atoms with E-state index in [4.69, 9.17) is 4.74 Å². The fourth-order valence-electron chi connectivity index (χ4n) is 3.72. The highest BCUT2D eigenvalue weighted by Crippen LogP contribution is 2.29. The molecule has 0 saturated carbocycles. The Labute approximate surface area is 126 Å². The van der Waals surface area contributed by atoms with Crippen LogP contribution in [0.25, 0.3) is 0 Å². The predicted octanol–water partition coefficient (Wildman–Crippen LogP) is 2.24. The fourth-order valence-corrected chi connectivity index (χ4v) is 3.72. The second-order valence-electron chi connectivity index (χ2n) is 6.22. The standard InChI is InChI=1S/C17H23N3O/c1-19-15-4-5-16(19)12-20(8-7-15)11-13-3-6-17(21-2)14(9-13)10-18/h3,6,9,15-16H,4-5,7-8,11-12H2,1-2H3. The summed E-state index contributed by atoms with van der Waals surface area (Å²) in [6, 6.07) is 9.63. The van der Waals surface area contributed by atoms with Crippen LogP contribution in [0.1, 0.15) is 30.4 Å². The lowest BCUT2D eigenvalue weighted by Crippen LogP contribution is -2.36. The number of methoxy groups -OCH3 is 1. The molecule has 0 aliphatic carbocycles. The van der Waals surface area contributed by atoms with E-state index in [1.807, 2.05) is 12.1 Å². The highest BCUT2D eigenvalue weighted by Gasteiger charge is 2.34. The second kappa shape index (κ2) is 6.05. The Hall–Kier alpha value is -1.57. The molecule has 0 aromatic heterocycles. The molecule has 4 heteroatoms. The number of fused-ring (bicyclic) bond motifs is 2. The van der Waals surface area contributed by atoms with Crippen LogP contribution in [0.5, 0.6) is 5.75 Å². The number of benzene rings is 1. The van der Waals surface area contributed by atoms with Crippen LogP contribution in [-0.2, 0) is 6.54 Å². The first-order valence-corrected chi connectivity index (χ1v) is 7.72. The maximum Gasteiger partial charge on any atom is 0.136 e. The van der Waals surface area contributed by atoms with Gasteiger partial charge in [-0.2, -0.15) is 5.26 Å². The summed E-state index contributed by atoms with van der Waals surface area (Å²) in [5.41, 5.74) is 1.83. The molecule has 2 heterocycles. The van der Waals surface area contributed by atoms with Crippen LogP contribution in [-0.4, -0.2) is 49.1 Å². The van der Waals surface area contributed by atoms with E-state index in [-0.39, 0.29) is 0 Å². The van der Waals surface area contributed by atoms with E-state index < -0.39 is 0 Å². The van der Waals surface area contributed by atoms with Crippen LogP contribution in [0.4, 0.5) is 0 Å². The van der Waals surface area contributed by atoms with Crippen molar-refractivity contribution in [2.24, 2.45) is 0 Å². The summed E-state index contributed by atoms with van der Waals surface area (Å²) < 4.78 is 5.21. The van der Waals surface area contributed by atoms with Crippen LogP contribution >= 0.6 is 0 Å². The SMILES string of the molecule is COc1ccc(CN2CCC3CCC(C2)N3C)cc1C#N. The summed E-state index contributed by atoms with van der Waals surface area (Å²) in [4.78, 5) is 5.10. The summed E-state index contributed by atoms with van der Waals surface area (Å²) in [5.74, 6) is 0.663. The number of hydrogen-bond acceptors (Lipinski definition) is 4. The van der Waals surface area contributed by atoms with Gasteiger partial charge in [0.15, 0.2) is 0 Å². The molecule has 0 amide bonds. The van der Waals surface area contributed by atoms with Crippen LogP contribution in [0.3, 0.4) is 0 Å². The third kappa shape index (κ3) is 2.90. The molecule has 112 valence electrons. The maximum absolute atomic E-state index is 9.20. The first kappa shape index (κ1) is 14.4. The molecule has 0 radical (unpaired) electrons. The van der Waals surface area contributed by atoms with Crippen molar-refractivity contribution in [3.63, 3.8) is 0 Å². The van der Waals surface area contributed by atoms with Gasteiger partial charge in [-0.25, -0.2) is 0 Å². The third-order valence-corrected chi connectivity index (χ3v) is 5.02. The smallest absolute Gasteiger partial charge is 0.136 e. The number of hydrogen-bond donors (Lipinski definition) is 0. The first-order chi connectivity index (χ1) is 10.2. The molecule has 1 aromatic carbocycles. The molecule has 2 saturated heterocycles. The summed E-state index contributed by atoms with van der Waals surface area (Å²) in [6.07, 6.45) is 3.94. The van der Waals surface area contributed by atoms with Crippen molar-refractivity contribution in [3.05, 3.63) is 29.3 Å². The summed E-state index contributed by atoms with van der Waals surface area (Å²) in [6.45, 7) is 3.22. The zero-order valence-corrected chi connectivity index (χ0v) is 12.9. The van der Waals surface area contributed by atoms with Gasteiger partial charge >= 0.3 is 0 Å². The monoisotopic (exact) mass is 285 g/mol. The number of ether oxygens (including phenoxy) is 1. The minimum atomic E-state index is 0.628. The molecule has 1 aromatic rings. The number of nitriles is 1. The van der Waals surface area contributed by atoms with Crippen molar-refractivity contribution in [2.45, 2.75) is 37.9 Å². The molecule has 2 unspecified atom stereocenters. The van der Waals surface area contributed by atoms with Crippen LogP contribution in [0.2, 0.25) is 0 Å². The molecule has 2 aliphatic heterocycles. The van der Waals surface area contributed by atoms with Gasteiger partial charge in [-0.1, -0.05) is 6.07 Å². The van der Waals surface area contributed by atoms with Crippen molar-refractivity contribution in [1.29, 1.82) is 5.26 Å². The lowest BCUT2D eigenvalue weighted by Gasteiger charge is -2.25. The first-order valence-electron chi connectivity index (χ1n) is 7.72. The molecule has 2 aliphatic rings. The number of rotatable bonds is 3. The van der Waals surface area contributed by atoms with E-state index in [1.54, 1.807) is 7.11 Å². The molecular weight excluding hydrogens is 262 g/mol. The van der Waals surface area contributed by atoms with Crippen molar-refractivity contribution >= 4 is 0 Å². The van der Waals surface area contributed by atoms with E-state index in [2.05, 4.69) is 29.0 Å². The Kier molecular flexibility index (Phi) is 4.14. The topological polar surface area (TPSA) is 39.5 Å². The maximum atomic E-state index is 9.20. The van der Waals surface area contributed by atoms with Gasteiger partial charge in [-0.05, 0) is 44.0 Å². The molecule has 21 heavy (non-hydrogen) atoms. The lowest BCUT2D eigenvalue weighted by molar-refractivity contribution is 0.214. The quantitative estimate of drug-likeness (QED) is 0.854. The Bertz CT molecular complexity index is 551. The second-order valence-corrected chi connectivity index (χ2v) is 6.22. The molecule has 4 nitrogen and oxygen atoms in total. The van der Waals surface area contributed by atoms with Crippen LogP contribution < -0.4 is 4.74 Å². The Morgan fingerprint density at radius 3 is 2.86 bits per heavy atom. The van der Waals surface area contributed by atoms with E-state index >= 15 is 0 Å². The normalized spacial score (nSPS) is 26.3. The third-order valence-electron chi connectivity index (χ3n) is 5.02. The van der Waals surface area contributed by atoms with Gasteiger partial charge in [0.05, 0.1) is 12.7 Å². The number of likely N-dealkylation sites (N-methyl/N-ethyl adjacent to an activating group) is 1. The fraction of sp³-hybridized carbons (Fsp3) is 0.588. The summed E-state index contributed by atoms with van der Waals surface area (Å²) in [5, 5.41) is 9.20. The zero-order chi connectivity index (χ0) is 14.8. The minimum absolute atomic E-state index is 0.628. The van der Waals surface area contributed by atoms with Gasteiger partial charge in [0, 0.05) is 31.7 Å².